The number of aryl methyl sites for hydroxylation is 1. The molecule has 0 saturated heterocycles. The van der Waals surface area contributed by atoms with Crippen molar-refractivity contribution in [2.75, 3.05) is 5.73 Å². The topological polar surface area (TPSA) is 93.4 Å². The second-order valence-corrected chi connectivity index (χ2v) is 4.98. The zero-order valence-corrected chi connectivity index (χ0v) is 11.2. The van der Waals surface area contributed by atoms with Gasteiger partial charge in [0.05, 0.1) is 5.25 Å². The van der Waals surface area contributed by atoms with Gasteiger partial charge in [-0.1, -0.05) is 25.6 Å². The standard InChI is InChI=1S/C11H16N6S/c1-3-7-5-9(12)16-11(15-7)18-8(4-2)10-13-6-14-17-10/h5-6,8H,3-4H2,1-2H3,(H2,12,15,16)(H,13,14,17). The van der Waals surface area contributed by atoms with Crippen LogP contribution in [0.15, 0.2) is 17.6 Å². The molecule has 0 radical (unpaired) electrons. The first-order chi connectivity index (χ1) is 8.72. The van der Waals surface area contributed by atoms with Crippen molar-refractivity contribution in [2.24, 2.45) is 0 Å². The van der Waals surface area contributed by atoms with Gasteiger partial charge < -0.3 is 5.73 Å². The Hall–Kier alpha value is -1.63. The normalized spacial score (nSPS) is 12.6. The van der Waals surface area contributed by atoms with Crippen LogP contribution in [0.2, 0.25) is 0 Å². The maximum Gasteiger partial charge on any atom is 0.190 e. The lowest BCUT2D eigenvalue weighted by Gasteiger charge is -2.11. The minimum absolute atomic E-state index is 0.166. The highest BCUT2D eigenvalue weighted by Crippen LogP contribution is 2.34. The molecule has 0 saturated carbocycles. The van der Waals surface area contributed by atoms with Crippen molar-refractivity contribution in [2.45, 2.75) is 37.1 Å². The number of nitrogen functional groups attached to an aromatic ring is 1. The van der Waals surface area contributed by atoms with Crippen LogP contribution in [0.3, 0.4) is 0 Å². The van der Waals surface area contributed by atoms with Crippen molar-refractivity contribution in [1.82, 2.24) is 25.1 Å². The number of nitrogens with one attached hydrogen (secondary N) is 1. The summed E-state index contributed by atoms with van der Waals surface area (Å²) in [7, 11) is 0. The lowest BCUT2D eigenvalue weighted by Crippen LogP contribution is -2.02. The summed E-state index contributed by atoms with van der Waals surface area (Å²) in [5, 5.41) is 7.61. The third-order valence-corrected chi connectivity index (χ3v) is 3.73. The van der Waals surface area contributed by atoms with Crippen LogP contribution in [0.5, 0.6) is 0 Å². The summed E-state index contributed by atoms with van der Waals surface area (Å²) >= 11 is 1.55. The predicted octanol–water partition coefficient (Wildman–Crippen LogP) is 1.98. The van der Waals surface area contributed by atoms with Gasteiger partial charge in [-0.25, -0.2) is 15.0 Å². The molecule has 0 aromatic carbocycles. The fraction of sp³-hybridized carbons (Fsp3) is 0.455. The molecule has 1 unspecified atom stereocenters. The van der Waals surface area contributed by atoms with Crippen LogP contribution in [0.4, 0.5) is 5.82 Å². The van der Waals surface area contributed by atoms with E-state index in [2.05, 4.69) is 32.1 Å². The number of aromatic nitrogens is 5. The van der Waals surface area contributed by atoms with Gasteiger partial charge in [0, 0.05) is 11.8 Å². The van der Waals surface area contributed by atoms with E-state index in [-0.39, 0.29) is 5.25 Å². The van der Waals surface area contributed by atoms with E-state index >= 15 is 0 Å². The van der Waals surface area contributed by atoms with Crippen LogP contribution in [0.1, 0.15) is 37.0 Å². The summed E-state index contributed by atoms with van der Waals surface area (Å²) in [5.74, 6) is 1.35. The van der Waals surface area contributed by atoms with Crippen LogP contribution in [-0.2, 0) is 6.42 Å². The zero-order chi connectivity index (χ0) is 13.0. The zero-order valence-electron chi connectivity index (χ0n) is 10.4. The van der Waals surface area contributed by atoms with Crippen LogP contribution in [0.25, 0.3) is 0 Å². The summed E-state index contributed by atoms with van der Waals surface area (Å²) in [6, 6.07) is 1.81. The summed E-state index contributed by atoms with van der Waals surface area (Å²) in [5.41, 5.74) is 6.73. The Morgan fingerprint density at radius 2 is 2.22 bits per heavy atom. The minimum Gasteiger partial charge on any atom is -0.384 e. The molecule has 0 aliphatic rings. The molecule has 18 heavy (non-hydrogen) atoms. The molecule has 6 nitrogen and oxygen atoms in total. The summed E-state index contributed by atoms with van der Waals surface area (Å²) in [6.07, 6.45) is 3.27. The average molecular weight is 264 g/mol. The fourth-order valence-electron chi connectivity index (χ4n) is 1.56. The largest absolute Gasteiger partial charge is 0.384 e. The number of nitrogens with zero attached hydrogens (tertiary/aromatic N) is 4. The third kappa shape index (κ3) is 2.98. The minimum atomic E-state index is 0.166. The maximum absolute atomic E-state index is 5.77. The molecule has 0 fully saturated rings. The van der Waals surface area contributed by atoms with Crippen molar-refractivity contribution in [3.63, 3.8) is 0 Å². The average Bonchev–Trinajstić information content (AvgIpc) is 2.89. The smallest absolute Gasteiger partial charge is 0.190 e. The molecule has 7 heteroatoms. The number of rotatable bonds is 5. The SMILES string of the molecule is CCc1cc(N)nc(SC(CC)c2ncn[nH]2)n1. The Labute approximate surface area is 110 Å². The van der Waals surface area contributed by atoms with E-state index in [1.54, 1.807) is 17.8 Å². The molecule has 0 spiro atoms. The number of H-pyrrole nitrogens is 1. The predicted molar refractivity (Wildman–Crippen MR) is 71.1 cm³/mol. The number of thioether (sulfide) groups is 1. The van der Waals surface area contributed by atoms with Crippen molar-refractivity contribution in [1.29, 1.82) is 0 Å². The van der Waals surface area contributed by atoms with Crippen LogP contribution in [-0.4, -0.2) is 25.1 Å². The lowest BCUT2D eigenvalue weighted by atomic mass is 10.3. The molecule has 2 heterocycles. The molecular weight excluding hydrogens is 248 g/mol. The van der Waals surface area contributed by atoms with E-state index in [1.165, 1.54) is 6.33 Å². The van der Waals surface area contributed by atoms with Gasteiger partial charge in [-0.3, -0.25) is 5.10 Å². The highest BCUT2D eigenvalue weighted by molar-refractivity contribution is 7.99. The molecule has 0 aliphatic heterocycles. The second-order valence-electron chi connectivity index (χ2n) is 3.81. The Morgan fingerprint density at radius 1 is 1.39 bits per heavy atom. The first kappa shape index (κ1) is 12.8. The number of nitrogens with two attached hydrogens (primary N) is 1. The van der Waals surface area contributed by atoms with Gasteiger partial charge in [0.15, 0.2) is 5.16 Å². The molecule has 2 aromatic heterocycles. The maximum atomic E-state index is 5.77. The van der Waals surface area contributed by atoms with Crippen LogP contribution >= 0.6 is 11.8 Å². The number of aromatic amines is 1. The van der Waals surface area contributed by atoms with Crippen molar-refractivity contribution >= 4 is 17.6 Å². The fourth-order valence-corrected chi connectivity index (χ4v) is 2.53. The monoisotopic (exact) mass is 264 g/mol. The first-order valence-corrected chi connectivity index (χ1v) is 6.76. The number of hydrogen-bond donors (Lipinski definition) is 2. The van der Waals surface area contributed by atoms with E-state index in [0.717, 1.165) is 24.4 Å². The van der Waals surface area contributed by atoms with Gasteiger partial charge in [0.2, 0.25) is 0 Å². The Balaban J connectivity index is 2.19. The Kier molecular flexibility index (Phi) is 4.14. The van der Waals surface area contributed by atoms with Crippen molar-refractivity contribution < 1.29 is 0 Å². The van der Waals surface area contributed by atoms with Gasteiger partial charge >= 0.3 is 0 Å². The molecule has 2 rings (SSSR count). The molecule has 1 atom stereocenters. The van der Waals surface area contributed by atoms with Gasteiger partial charge in [0.25, 0.3) is 0 Å². The van der Waals surface area contributed by atoms with E-state index < -0.39 is 0 Å². The van der Waals surface area contributed by atoms with E-state index in [0.29, 0.717) is 11.0 Å². The molecule has 0 aliphatic carbocycles. The molecule has 0 amide bonds. The summed E-state index contributed by atoms with van der Waals surface area (Å²) in [6.45, 7) is 4.14. The van der Waals surface area contributed by atoms with Crippen molar-refractivity contribution in [3.8, 4) is 0 Å². The Bertz CT molecular complexity index is 498. The molecule has 0 bridgehead atoms. The van der Waals surface area contributed by atoms with Gasteiger partial charge in [0.1, 0.15) is 18.0 Å². The first-order valence-electron chi connectivity index (χ1n) is 5.88. The van der Waals surface area contributed by atoms with Crippen LogP contribution in [0, 0.1) is 0 Å². The number of hydrogen-bond acceptors (Lipinski definition) is 6. The van der Waals surface area contributed by atoms with Crippen molar-refractivity contribution in [3.05, 3.63) is 23.9 Å². The molecule has 3 N–H and O–H groups in total. The van der Waals surface area contributed by atoms with Gasteiger partial charge in [-0.05, 0) is 12.8 Å². The third-order valence-electron chi connectivity index (χ3n) is 2.50. The quantitative estimate of drug-likeness (QED) is 0.633. The van der Waals surface area contributed by atoms with E-state index in [1.807, 2.05) is 6.92 Å². The number of anilines is 1. The van der Waals surface area contributed by atoms with E-state index in [9.17, 15) is 0 Å². The summed E-state index contributed by atoms with van der Waals surface area (Å²) < 4.78 is 0. The molecular formula is C11H16N6S. The van der Waals surface area contributed by atoms with E-state index in [4.69, 9.17) is 5.73 Å². The van der Waals surface area contributed by atoms with Gasteiger partial charge in [-0.2, -0.15) is 5.10 Å². The van der Waals surface area contributed by atoms with Crippen LogP contribution < -0.4 is 5.73 Å². The summed E-state index contributed by atoms with van der Waals surface area (Å²) in [4.78, 5) is 12.9. The molecule has 2 aromatic rings. The van der Waals surface area contributed by atoms with Gasteiger partial charge in [-0.15, -0.1) is 0 Å². The lowest BCUT2D eigenvalue weighted by molar-refractivity contribution is 0.807. The highest BCUT2D eigenvalue weighted by Gasteiger charge is 2.16. The second kappa shape index (κ2) is 5.81. The highest BCUT2D eigenvalue weighted by atomic mass is 32.2. The molecule has 96 valence electrons. The Morgan fingerprint density at radius 3 is 2.83 bits per heavy atom.